The zero-order chi connectivity index (χ0) is 22.9. The van der Waals surface area contributed by atoms with E-state index < -0.39 is 0 Å². The topological polar surface area (TPSA) is 102 Å². The summed E-state index contributed by atoms with van der Waals surface area (Å²) < 4.78 is 7.09. The number of benzene rings is 1. The number of aromatic nitrogens is 4. The van der Waals surface area contributed by atoms with Gasteiger partial charge in [0.2, 0.25) is 0 Å². The van der Waals surface area contributed by atoms with E-state index in [9.17, 15) is 9.59 Å². The predicted molar refractivity (Wildman–Crippen MR) is 123 cm³/mol. The molecule has 3 heterocycles. The van der Waals surface area contributed by atoms with E-state index in [2.05, 4.69) is 25.2 Å². The molecule has 1 amide bonds. The molecule has 1 aliphatic heterocycles. The summed E-state index contributed by atoms with van der Waals surface area (Å²) in [5.74, 6) is 0.530. The number of nitrogens with one attached hydrogen (secondary N) is 1. The van der Waals surface area contributed by atoms with Crippen LogP contribution in [-0.2, 0) is 9.53 Å². The number of amides is 1. The van der Waals surface area contributed by atoms with Crippen LogP contribution in [-0.4, -0.2) is 57.1 Å². The lowest BCUT2D eigenvalue weighted by Crippen LogP contribution is -2.37. The van der Waals surface area contributed by atoms with Crippen LogP contribution >= 0.6 is 0 Å². The molecule has 1 aromatic carbocycles. The molecule has 9 heteroatoms. The van der Waals surface area contributed by atoms with E-state index in [0.29, 0.717) is 42.5 Å². The lowest BCUT2D eigenvalue weighted by Gasteiger charge is -2.31. The molecule has 3 aromatic rings. The van der Waals surface area contributed by atoms with E-state index in [1.807, 2.05) is 36.6 Å². The fourth-order valence-corrected chi connectivity index (χ4v) is 4.32. The first-order valence-electron chi connectivity index (χ1n) is 11.6. The maximum atomic E-state index is 12.6. The molecule has 0 spiro atoms. The van der Waals surface area contributed by atoms with Gasteiger partial charge >= 0.3 is 5.97 Å². The molecule has 1 N–H and O–H groups in total. The highest BCUT2D eigenvalue weighted by Crippen LogP contribution is 2.29. The Morgan fingerprint density at radius 3 is 2.64 bits per heavy atom. The lowest BCUT2D eigenvalue weighted by atomic mass is 9.97. The van der Waals surface area contributed by atoms with Gasteiger partial charge in [0.05, 0.1) is 18.2 Å². The molecule has 0 atom stereocenters. The fraction of sp³-hybridized carbons (Fsp3) is 0.458. The van der Waals surface area contributed by atoms with Crippen LogP contribution in [0.1, 0.15) is 48.5 Å². The minimum absolute atomic E-state index is 0.0528. The van der Waals surface area contributed by atoms with E-state index >= 15 is 0 Å². The molecule has 33 heavy (non-hydrogen) atoms. The SMILES string of the molecule is CCOC(=O)C1CCN(c2ncnc3c2ncn3-c2cc(C(=O)NC3CC3)ccc2C)CC1. The number of ether oxygens (including phenoxy) is 1. The molecule has 0 radical (unpaired) electrons. The highest BCUT2D eigenvalue weighted by molar-refractivity contribution is 5.95. The fourth-order valence-electron chi connectivity index (χ4n) is 4.32. The first-order chi connectivity index (χ1) is 16.0. The number of piperidine rings is 1. The second-order valence-corrected chi connectivity index (χ2v) is 8.75. The Morgan fingerprint density at radius 1 is 1.12 bits per heavy atom. The Labute approximate surface area is 192 Å². The smallest absolute Gasteiger partial charge is 0.309 e. The third-order valence-corrected chi connectivity index (χ3v) is 6.37. The summed E-state index contributed by atoms with van der Waals surface area (Å²) in [6.07, 6.45) is 6.83. The van der Waals surface area contributed by atoms with E-state index in [1.165, 1.54) is 0 Å². The number of nitrogens with zero attached hydrogens (tertiary/aromatic N) is 5. The summed E-state index contributed by atoms with van der Waals surface area (Å²) in [6.45, 7) is 5.66. The minimum Gasteiger partial charge on any atom is -0.466 e. The Kier molecular flexibility index (Phi) is 5.70. The quantitative estimate of drug-likeness (QED) is 0.579. The van der Waals surface area contributed by atoms with E-state index in [0.717, 1.165) is 42.8 Å². The van der Waals surface area contributed by atoms with Crippen LogP contribution in [0.15, 0.2) is 30.9 Å². The van der Waals surface area contributed by atoms with Gasteiger partial charge in [0.15, 0.2) is 17.0 Å². The van der Waals surface area contributed by atoms with Gasteiger partial charge in [-0.15, -0.1) is 0 Å². The standard InChI is InChI=1S/C24H28N6O3/c1-3-33-24(32)16-8-10-29(11-9-16)21-20-22(26-13-25-21)30(14-27-20)19-12-17(5-4-15(19)2)23(31)28-18-6-7-18/h4-5,12-14,16,18H,3,6-11H2,1-2H3,(H,28,31). The Balaban J connectivity index is 1.42. The van der Waals surface area contributed by atoms with Gasteiger partial charge in [-0.1, -0.05) is 6.07 Å². The lowest BCUT2D eigenvalue weighted by molar-refractivity contribution is -0.148. The van der Waals surface area contributed by atoms with Crippen molar-refractivity contribution in [3.8, 4) is 5.69 Å². The van der Waals surface area contributed by atoms with Crippen molar-refractivity contribution in [3.05, 3.63) is 42.0 Å². The number of anilines is 1. The highest BCUT2D eigenvalue weighted by Gasteiger charge is 2.28. The summed E-state index contributed by atoms with van der Waals surface area (Å²) in [4.78, 5) is 40.4. The third kappa shape index (κ3) is 4.27. The van der Waals surface area contributed by atoms with Crippen LogP contribution < -0.4 is 10.2 Å². The minimum atomic E-state index is -0.115. The van der Waals surface area contributed by atoms with Crippen molar-refractivity contribution in [3.63, 3.8) is 0 Å². The second kappa shape index (κ2) is 8.80. The van der Waals surface area contributed by atoms with E-state index in [1.54, 1.807) is 12.7 Å². The number of imidazole rings is 1. The number of esters is 1. The van der Waals surface area contributed by atoms with Crippen molar-refractivity contribution in [2.75, 3.05) is 24.6 Å². The largest absolute Gasteiger partial charge is 0.466 e. The van der Waals surface area contributed by atoms with Gasteiger partial charge in [0.25, 0.3) is 5.91 Å². The summed E-state index contributed by atoms with van der Waals surface area (Å²) in [6, 6.07) is 6.00. The zero-order valence-corrected chi connectivity index (χ0v) is 19.0. The molecule has 5 rings (SSSR count). The monoisotopic (exact) mass is 448 g/mol. The number of aryl methyl sites for hydroxylation is 1. The van der Waals surface area contributed by atoms with Gasteiger partial charge in [-0.25, -0.2) is 15.0 Å². The van der Waals surface area contributed by atoms with E-state index in [-0.39, 0.29) is 17.8 Å². The molecule has 172 valence electrons. The van der Waals surface area contributed by atoms with Crippen LogP contribution in [0.4, 0.5) is 5.82 Å². The van der Waals surface area contributed by atoms with Crippen LogP contribution in [0.3, 0.4) is 0 Å². The van der Waals surface area contributed by atoms with Gasteiger partial charge in [0, 0.05) is 24.7 Å². The van der Waals surface area contributed by atoms with Crippen molar-refractivity contribution in [2.24, 2.45) is 5.92 Å². The summed E-state index contributed by atoms with van der Waals surface area (Å²) in [7, 11) is 0. The molecule has 1 saturated heterocycles. The van der Waals surface area contributed by atoms with Gasteiger partial charge in [-0.3, -0.25) is 14.2 Å². The molecular weight excluding hydrogens is 420 g/mol. The number of fused-ring (bicyclic) bond motifs is 1. The normalized spacial score (nSPS) is 16.7. The van der Waals surface area contributed by atoms with Crippen LogP contribution in [0, 0.1) is 12.8 Å². The van der Waals surface area contributed by atoms with Crippen molar-refractivity contribution >= 4 is 28.9 Å². The van der Waals surface area contributed by atoms with Gasteiger partial charge in [-0.05, 0) is 57.2 Å². The first-order valence-corrected chi connectivity index (χ1v) is 11.6. The molecule has 1 saturated carbocycles. The number of carbonyl (C=O) groups is 2. The summed E-state index contributed by atoms with van der Waals surface area (Å²) in [5.41, 5.74) is 3.91. The van der Waals surface area contributed by atoms with Crippen LogP contribution in [0.2, 0.25) is 0 Å². The molecule has 2 fully saturated rings. The zero-order valence-electron chi connectivity index (χ0n) is 19.0. The van der Waals surface area contributed by atoms with Gasteiger partial charge < -0.3 is 15.0 Å². The molecule has 2 aliphatic rings. The third-order valence-electron chi connectivity index (χ3n) is 6.37. The maximum Gasteiger partial charge on any atom is 0.309 e. The Morgan fingerprint density at radius 2 is 1.91 bits per heavy atom. The van der Waals surface area contributed by atoms with Crippen molar-refractivity contribution in [1.29, 1.82) is 0 Å². The number of hydrogen-bond donors (Lipinski definition) is 1. The predicted octanol–water partition coefficient (Wildman–Crippen LogP) is 2.80. The Bertz CT molecular complexity index is 1190. The van der Waals surface area contributed by atoms with Crippen molar-refractivity contribution in [1.82, 2.24) is 24.8 Å². The molecule has 0 unspecified atom stereocenters. The van der Waals surface area contributed by atoms with Gasteiger partial charge in [-0.2, -0.15) is 0 Å². The number of hydrogen-bond acceptors (Lipinski definition) is 7. The summed E-state index contributed by atoms with van der Waals surface area (Å²) in [5, 5.41) is 3.04. The average molecular weight is 449 g/mol. The number of carbonyl (C=O) groups excluding carboxylic acids is 2. The first kappa shape index (κ1) is 21.4. The molecule has 9 nitrogen and oxygen atoms in total. The molecule has 2 aromatic heterocycles. The van der Waals surface area contributed by atoms with Crippen molar-refractivity contribution in [2.45, 2.75) is 45.6 Å². The van der Waals surface area contributed by atoms with Crippen LogP contribution in [0.25, 0.3) is 16.9 Å². The van der Waals surface area contributed by atoms with Crippen molar-refractivity contribution < 1.29 is 14.3 Å². The number of rotatable bonds is 6. The maximum absolute atomic E-state index is 12.6. The molecule has 1 aliphatic carbocycles. The van der Waals surface area contributed by atoms with Crippen LogP contribution in [0.5, 0.6) is 0 Å². The van der Waals surface area contributed by atoms with E-state index in [4.69, 9.17) is 4.74 Å². The second-order valence-electron chi connectivity index (χ2n) is 8.75. The highest BCUT2D eigenvalue weighted by atomic mass is 16.5. The molecule has 0 bridgehead atoms. The summed E-state index contributed by atoms with van der Waals surface area (Å²) >= 11 is 0. The Hall–Kier alpha value is -3.49. The average Bonchev–Trinajstić information content (AvgIpc) is 3.54. The van der Waals surface area contributed by atoms with Gasteiger partial charge in [0.1, 0.15) is 12.7 Å². The molecular formula is C24H28N6O3.